The van der Waals surface area contributed by atoms with E-state index in [-0.39, 0.29) is 13.2 Å². The number of hydrogen-bond acceptors (Lipinski definition) is 7. The van der Waals surface area contributed by atoms with Crippen LogP contribution in [0.25, 0.3) is 6.08 Å². The van der Waals surface area contributed by atoms with Crippen LogP contribution < -0.4 is 25.3 Å². The number of benzene rings is 2. The van der Waals surface area contributed by atoms with Crippen molar-refractivity contribution >= 4 is 23.9 Å². The average molecular weight is 428 g/mol. The average Bonchev–Trinajstić information content (AvgIpc) is 2.78. The van der Waals surface area contributed by atoms with E-state index in [9.17, 15) is 14.4 Å². The van der Waals surface area contributed by atoms with E-state index >= 15 is 0 Å². The van der Waals surface area contributed by atoms with Crippen molar-refractivity contribution in [3.05, 3.63) is 59.7 Å². The number of amides is 2. The maximum atomic E-state index is 11.9. The summed E-state index contributed by atoms with van der Waals surface area (Å²) in [7, 11) is 2.99. The zero-order valence-electron chi connectivity index (χ0n) is 17.3. The van der Waals surface area contributed by atoms with Crippen molar-refractivity contribution in [2.45, 2.75) is 6.54 Å². The lowest BCUT2D eigenvalue weighted by Crippen LogP contribution is -2.28. The monoisotopic (exact) mass is 428 g/mol. The van der Waals surface area contributed by atoms with E-state index in [1.165, 1.54) is 19.3 Å². The lowest BCUT2D eigenvalue weighted by molar-refractivity contribution is -0.143. The minimum atomic E-state index is -0.680. The Bertz CT molecular complexity index is 957. The van der Waals surface area contributed by atoms with Crippen LogP contribution in [0.3, 0.4) is 0 Å². The van der Waals surface area contributed by atoms with E-state index in [0.29, 0.717) is 22.8 Å². The first-order chi connectivity index (χ1) is 14.9. The molecule has 0 saturated heterocycles. The van der Waals surface area contributed by atoms with Crippen LogP contribution in [0.4, 0.5) is 0 Å². The maximum Gasteiger partial charge on any atom is 0.331 e. The fourth-order valence-corrected chi connectivity index (χ4v) is 2.50. The van der Waals surface area contributed by atoms with E-state index in [1.54, 1.807) is 31.4 Å². The van der Waals surface area contributed by atoms with Gasteiger partial charge in [-0.1, -0.05) is 24.3 Å². The molecule has 0 fully saturated rings. The van der Waals surface area contributed by atoms with Gasteiger partial charge in [0, 0.05) is 18.2 Å². The molecule has 0 bridgehead atoms. The van der Waals surface area contributed by atoms with Crippen molar-refractivity contribution in [2.24, 2.45) is 5.73 Å². The molecule has 9 nitrogen and oxygen atoms in total. The fourth-order valence-electron chi connectivity index (χ4n) is 2.50. The largest absolute Gasteiger partial charge is 0.496 e. The molecule has 2 aromatic carbocycles. The summed E-state index contributed by atoms with van der Waals surface area (Å²) in [5.74, 6) is -0.365. The number of primary amides is 1. The zero-order valence-corrected chi connectivity index (χ0v) is 17.3. The van der Waals surface area contributed by atoms with Crippen LogP contribution in [0.15, 0.2) is 48.5 Å². The van der Waals surface area contributed by atoms with Gasteiger partial charge in [0.05, 0.1) is 14.2 Å². The third-order valence-corrected chi connectivity index (χ3v) is 3.98. The highest BCUT2D eigenvalue weighted by Gasteiger charge is 2.09. The number of methoxy groups -OCH3 is 2. The van der Waals surface area contributed by atoms with E-state index in [1.807, 2.05) is 18.2 Å². The number of carbonyl (C=O) groups is 3. The Morgan fingerprint density at radius 2 is 1.71 bits per heavy atom. The predicted molar refractivity (Wildman–Crippen MR) is 113 cm³/mol. The molecule has 0 atom stereocenters. The lowest BCUT2D eigenvalue weighted by atomic mass is 10.2. The second-order valence-electron chi connectivity index (χ2n) is 6.19. The first-order valence-corrected chi connectivity index (χ1v) is 9.25. The molecule has 0 heterocycles. The minimum absolute atomic E-state index is 0.250. The molecule has 0 saturated carbocycles. The number of rotatable bonds is 11. The molecule has 2 rings (SSSR count). The second-order valence-corrected chi connectivity index (χ2v) is 6.19. The highest BCUT2D eigenvalue weighted by molar-refractivity contribution is 5.89. The molecule has 9 heteroatoms. The van der Waals surface area contributed by atoms with Crippen LogP contribution in [0.5, 0.6) is 17.2 Å². The summed E-state index contributed by atoms with van der Waals surface area (Å²) in [6.45, 7) is -0.446. The van der Waals surface area contributed by atoms with Crippen LogP contribution in [0.2, 0.25) is 0 Å². The van der Waals surface area contributed by atoms with E-state index in [4.69, 9.17) is 24.7 Å². The van der Waals surface area contributed by atoms with Crippen molar-refractivity contribution < 1.29 is 33.3 Å². The molecule has 0 aliphatic heterocycles. The summed E-state index contributed by atoms with van der Waals surface area (Å²) >= 11 is 0. The highest BCUT2D eigenvalue weighted by Crippen LogP contribution is 2.28. The molecule has 0 unspecified atom stereocenters. The molecule has 31 heavy (non-hydrogen) atoms. The van der Waals surface area contributed by atoms with Gasteiger partial charge in [-0.2, -0.15) is 0 Å². The van der Waals surface area contributed by atoms with Crippen molar-refractivity contribution in [1.82, 2.24) is 5.32 Å². The van der Waals surface area contributed by atoms with Crippen LogP contribution >= 0.6 is 0 Å². The Hall–Kier alpha value is -4.01. The first kappa shape index (κ1) is 23.3. The third-order valence-electron chi connectivity index (χ3n) is 3.98. The van der Waals surface area contributed by atoms with Crippen molar-refractivity contribution in [2.75, 3.05) is 27.4 Å². The van der Waals surface area contributed by atoms with Gasteiger partial charge in [0.2, 0.25) is 0 Å². The normalized spacial score (nSPS) is 10.4. The van der Waals surface area contributed by atoms with E-state index in [0.717, 1.165) is 5.56 Å². The van der Waals surface area contributed by atoms with Crippen molar-refractivity contribution in [3.8, 4) is 17.2 Å². The van der Waals surface area contributed by atoms with Crippen molar-refractivity contribution in [1.29, 1.82) is 0 Å². The zero-order chi connectivity index (χ0) is 22.6. The van der Waals surface area contributed by atoms with Gasteiger partial charge in [0.25, 0.3) is 11.8 Å². The molecule has 164 valence electrons. The van der Waals surface area contributed by atoms with Gasteiger partial charge < -0.3 is 30.0 Å². The number of carbonyl (C=O) groups excluding carboxylic acids is 3. The Morgan fingerprint density at radius 3 is 2.42 bits per heavy atom. The first-order valence-electron chi connectivity index (χ1n) is 9.25. The number of ether oxygens (including phenoxy) is 4. The van der Waals surface area contributed by atoms with E-state index < -0.39 is 24.4 Å². The minimum Gasteiger partial charge on any atom is -0.496 e. The smallest absolute Gasteiger partial charge is 0.331 e. The maximum absolute atomic E-state index is 11.9. The molecule has 0 aliphatic carbocycles. The van der Waals surface area contributed by atoms with Crippen LogP contribution in [-0.2, 0) is 25.7 Å². The summed E-state index contributed by atoms with van der Waals surface area (Å²) < 4.78 is 20.6. The summed E-state index contributed by atoms with van der Waals surface area (Å²) in [5.41, 5.74) is 6.49. The van der Waals surface area contributed by atoms with Crippen LogP contribution in [-0.4, -0.2) is 45.2 Å². The molecule has 2 amide bonds. The lowest BCUT2D eigenvalue weighted by Gasteiger charge is -2.10. The van der Waals surface area contributed by atoms with Crippen LogP contribution in [0.1, 0.15) is 11.1 Å². The summed E-state index contributed by atoms with van der Waals surface area (Å²) in [5, 5.41) is 2.66. The quantitative estimate of drug-likeness (QED) is 0.410. The molecule has 0 aromatic heterocycles. The Balaban J connectivity index is 1.83. The number of nitrogens with two attached hydrogens (primary N) is 1. The number of esters is 1. The molecule has 0 aliphatic rings. The number of nitrogens with one attached hydrogen (secondary N) is 1. The number of hydrogen-bond donors (Lipinski definition) is 2. The van der Waals surface area contributed by atoms with Gasteiger partial charge in [0.1, 0.15) is 5.75 Å². The van der Waals surface area contributed by atoms with Gasteiger partial charge in [0.15, 0.2) is 24.7 Å². The molecular weight excluding hydrogens is 404 g/mol. The van der Waals surface area contributed by atoms with Gasteiger partial charge in [-0.15, -0.1) is 0 Å². The fraction of sp³-hybridized carbons (Fsp3) is 0.227. The molecule has 0 spiro atoms. The van der Waals surface area contributed by atoms with Gasteiger partial charge in [-0.3, -0.25) is 9.59 Å². The summed E-state index contributed by atoms with van der Waals surface area (Å²) in [6.07, 6.45) is 2.68. The molecular formula is C22H24N2O7. The Labute approximate surface area is 179 Å². The summed E-state index contributed by atoms with van der Waals surface area (Å²) in [6, 6.07) is 12.1. The second kappa shape index (κ2) is 11.9. The molecule has 3 N–H and O–H groups in total. The Kier molecular flexibility index (Phi) is 8.90. The topological polar surface area (TPSA) is 126 Å². The van der Waals surface area contributed by atoms with Crippen molar-refractivity contribution in [3.63, 3.8) is 0 Å². The SMILES string of the molecule is COc1ccccc1CNC(=O)COC(=O)/C=C/c1ccc(OCC(N)=O)c(OC)c1. The van der Waals surface area contributed by atoms with E-state index in [2.05, 4.69) is 5.32 Å². The van der Waals surface area contributed by atoms with Gasteiger partial charge in [-0.05, 0) is 29.8 Å². The standard InChI is InChI=1S/C22H24N2O7/c1-28-17-6-4-3-5-16(17)12-24-21(26)14-31-22(27)10-8-15-7-9-18(19(11-15)29-2)30-13-20(23)25/h3-11H,12-14H2,1-2H3,(H2,23,25)(H,24,26)/b10-8+. The van der Waals surface area contributed by atoms with Crippen LogP contribution in [0, 0.1) is 0 Å². The Morgan fingerprint density at radius 1 is 0.968 bits per heavy atom. The molecule has 0 radical (unpaired) electrons. The summed E-state index contributed by atoms with van der Waals surface area (Å²) in [4.78, 5) is 34.6. The third kappa shape index (κ3) is 7.73. The predicted octanol–water partition coefficient (Wildman–Crippen LogP) is 1.44. The molecule has 2 aromatic rings. The van der Waals surface area contributed by atoms with Gasteiger partial charge in [-0.25, -0.2) is 4.79 Å². The highest BCUT2D eigenvalue weighted by atomic mass is 16.5. The number of para-hydroxylation sites is 1. The van der Waals surface area contributed by atoms with Gasteiger partial charge >= 0.3 is 5.97 Å².